The Morgan fingerprint density at radius 1 is 1.33 bits per heavy atom. The van der Waals surface area contributed by atoms with Crippen LogP contribution in [0.1, 0.15) is 48.8 Å². The summed E-state index contributed by atoms with van der Waals surface area (Å²) in [6.45, 7) is 3.23. The Hall–Kier alpha value is -2.63. The molecule has 0 spiro atoms. The summed E-state index contributed by atoms with van der Waals surface area (Å²) in [5.74, 6) is -0.616. The lowest BCUT2D eigenvalue weighted by molar-refractivity contribution is -0.114. The fraction of sp³-hybridized carbons (Fsp3) is 0.333. The van der Waals surface area contributed by atoms with Gasteiger partial charge in [-0.25, -0.2) is 4.39 Å². The third-order valence-corrected chi connectivity index (χ3v) is 4.06. The number of nitrogens with zero attached hydrogens (tertiary/aromatic N) is 1. The van der Waals surface area contributed by atoms with Crippen molar-refractivity contribution in [1.82, 2.24) is 4.90 Å². The van der Waals surface area contributed by atoms with E-state index in [-0.39, 0.29) is 23.6 Å². The zero-order valence-electron chi connectivity index (χ0n) is 13.6. The number of carbonyl (C=O) groups excluding carboxylic acids is 2. The first-order valence-corrected chi connectivity index (χ1v) is 7.90. The van der Waals surface area contributed by atoms with Crippen LogP contribution in [-0.4, -0.2) is 22.8 Å². The number of nitrogens with one attached hydrogen (secondary N) is 1. The number of hydrogen-bond donors (Lipinski definition) is 1. The second-order valence-corrected chi connectivity index (χ2v) is 6.01. The number of amides is 2. The molecule has 2 amide bonds. The van der Waals surface area contributed by atoms with Crippen LogP contribution in [-0.2, 0) is 4.79 Å². The first kappa shape index (κ1) is 16.2. The summed E-state index contributed by atoms with van der Waals surface area (Å²) in [6, 6.07) is 7.37. The van der Waals surface area contributed by atoms with Crippen LogP contribution >= 0.6 is 0 Å². The van der Waals surface area contributed by atoms with E-state index < -0.39 is 11.7 Å². The van der Waals surface area contributed by atoms with Crippen molar-refractivity contribution in [1.29, 1.82) is 0 Å². The molecule has 1 atom stereocenters. The largest absolute Gasteiger partial charge is 0.467 e. The van der Waals surface area contributed by atoms with Gasteiger partial charge in [0.2, 0.25) is 5.91 Å². The first-order chi connectivity index (χ1) is 11.5. The molecule has 0 saturated heterocycles. The summed E-state index contributed by atoms with van der Waals surface area (Å²) in [5.41, 5.74) is 0.347. The molecular weight excluding hydrogens is 311 g/mol. The number of rotatable bonds is 5. The molecule has 1 aliphatic carbocycles. The first-order valence-electron chi connectivity index (χ1n) is 7.90. The monoisotopic (exact) mass is 330 g/mol. The molecule has 1 heterocycles. The van der Waals surface area contributed by atoms with Gasteiger partial charge in [0.05, 0.1) is 17.9 Å². The van der Waals surface area contributed by atoms with E-state index >= 15 is 0 Å². The average molecular weight is 330 g/mol. The number of halogens is 1. The molecule has 5 nitrogen and oxygen atoms in total. The Labute approximate surface area is 139 Å². The lowest BCUT2D eigenvalue weighted by atomic mass is 10.1. The van der Waals surface area contributed by atoms with E-state index in [9.17, 15) is 14.0 Å². The van der Waals surface area contributed by atoms with Crippen molar-refractivity contribution < 1.29 is 18.4 Å². The Bertz CT molecular complexity index is 754. The standard InChI is InChI=1S/C18H19FN2O3/c1-11(17-4-3-9-24-17)21(14-6-7-14)18(23)15-10-13(20-12(2)22)5-8-16(15)19/h3-5,8-11,14H,6-7H2,1-2H3,(H,20,22)/t11-/m0/s1. The third-order valence-electron chi connectivity index (χ3n) is 4.06. The molecule has 1 saturated carbocycles. The highest BCUT2D eigenvalue weighted by Crippen LogP contribution is 2.36. The van der Waals surface area contributed by atoms with E-state index in [2.05, 4.69) is 5.32 Å². The molecule has 1 N–H and O–H groups in total. The molecule has 0 aliphatic heterocycles. The molecule has 2 aromatic rings. The van der Waals surface area contributed by atoms with Gasteiger partial charge in [0.15, 0.2) is 0 Å². The Kier molecular flexibility index (Phi) is 4.38. The van der Waals surface area contributed by atoms with E-state index in [1.165, 1.54) is 25.1 Å². The van der Waals surface area contributed by atoms with Gasteiger partial charge < -0.3 is 14.6 Å². The van der Waals surface area contributed by atoms with Gasteiger partial charge in [-0.15, -0.1) is 0 Å². The van der Waals surface area contributed by atoms with Crippen molar-refractivity contribution >= 4 is 17.5 Å². The summed E-state index contributed by atoms with van der Waals surface area (Å²) in [6.07, 6.45) is 3.34. The maximum Gasteiger partial charge on any atom is 0.257 e. The highest BCUT2D eigenvalue weighted by atomic mass is 19.1. The Balaban J connectivity index is 1.92. The van der Waals surface area contributed by atoms with Crippen molar-refractivity contribution in [2.24, 2.45) is 0 Å². The maximum absolute atomic E-state index is 14.2. The summed E-state index contributed by atoms with van der Waals surface area (Å²) in [4.78, 5) is 25.8. The number of hydrogen-bond acceptors (Lipinski definition) is 3. The molecule has 24 heavy (non-hydrogen) atoms. The van der Waals surface area contributed by atoms with Crippen molar-refractivity contribution in [3.63, 3.8) is 0 Å². The van der Waals surface area contributed by atoms with Gasteiger partial charge in [-0.1, -0.05) is 0 Å². The predicted molar refractivity (Wildman–Crippen MR) is 87.0 cm³/mol. The molecule has 1 aromatic carbocycles. The van der Waals surface area contributed by atoms with Crippen LogP contribution in [0.4, 0.5) is 10.1 Å². The summed E-state index contributed by atoms with van der Waals surface area (Å²) in [7, 11) is 0. The number of furan rings is 1. The molecule has 0 unspecified atom stereocenters. The zero-order chi connectivity index (χ0) is 17.3. The number of carbonyl (C=O) groups is 2. The second kappa shape index (κ2) is 6.47. The minimum Gasteiger partial charge on any atom is -0.467 e. The van der Waals surface area contributed by atoms with Gasteiger partial charge >= 0.3 is 0 Å². The molecule has 126 valence electrons. The molecule has 0 radical (unpaired) electrons. The predicted octanol–water partition coefficient (Wildman–Crippen LogP) is 3.74. The minimum atomic E-state index is -0.605. The molecule has 6 heteroatoms. The topological polar surface area (TPSA) is 62.6 Å². The van der Waals surface area contributed by atoms with Gasteiger partial charge in [0.25, 0.3) is 5.91 Å². The molecular formula is C18H19FN2O3. The quantitative estimate of drug-likeness (QED) is 0.908. The average Bonchev–Trinajstić information content (AvgIpc) is 3.20. The van der Waals surface area contributed by atoms with E-state index in [4.69, 9.17) is 4.42 Å². The fourth-order valence-corrected chi connectivity index (χ4v) is 2.79. The molecule has 0 bridgehead atoms. The Morgan fingerprint density at radius 3 is 2.67 bits per heavy atom. The second-order valence-electron chi connectivity index (χ2n) is 6.01. The lowest BCUT2D eigenvalue weighted by Gasteiger charge is -2.28. The smallest absolute Gasteiger partial charge is 0.257 e. The maximum atomic E-state index is 14.2. The summed E-state index contributed by atoms with van der Waals surface area (Å²) >= 11 is 0. The fourth-order valence-electron chi connectivity index (χ4n) is 2.79. The van der Waals surface area contributed by atoms with Gasteiger partial charge in [-0.3, -0.25) is 9.59 Å². The van der Waals surface area contributed by atoms with Crippen molar-refractivity contribution in [2.75, 3.05) is 5.32 Å². The third kappa shape index (κ3) is 3.32. The lowest BCUT2D eigenvalue weighted by Crippen LogP contribution is -2.36. The van der Waals surface area contributed by atoms with Crippen LogP contribution in [0.3, 0.4) is 0 Å². The van der Waals surface area contributed by atoms with Crippen LogP contribution in [0.15, 0.2) is 41.0 Å². The normalized spacial score (nSPS) is 15.0. The van der Waals surface area contributed by atoms with Crippen LogP contribution in [0.25, 0.3) is 0 Å². The van der Waals surface area contributed by atoms with Gasteiger partial charge in [-0.2, -0.15) is 0 Å². The SMILES string of the molecule is CC(=O)Nc1ccc(F)c(C(=O)N(C2CC2)[C@@H](C)c2ccco2)c1. The molecule has 3 rings (SSSR count). The van der Waals surface area contributed by atoms with E-state index in [1.807, 2.05) is 6.92 Å². The van der Waals surface area contributed by atoms with Crippen LogP contribution in [0.2, 0.25) is 0 Å². The van der Waals surface area contributed by atoms with Gasteiger partial charge in [0.1, 0.15) is 11.6 Å². The molecule has 1 fully saturated rings. The minimum absolute atomic E-state index is 0.0495. The van der Waals surface area contributed by atoms with E-state index in [0.717, 1.165) is 12.8 Å². The highest BCUT2D eigenvalue weighted by Gasteiger charge is 2.38. The number of anilines is 1. The summed E-state index contributed by atoms with van der Waals surface area (Å²) < 4.78 is 19.6. The van der Waals surface area contributed by atoms with Gasteiger partial charge in [0, 0.05) is 18.7 Å². The van der Waals surface area contributed by atoms with Crippen LogP contribution < -0.4 is 5.32 Å². The van der Waals surface area contributed by atoms with E-state index in [1.54, 1.807) is 23.3 Å². The van der Waals surface area contributed by atoms with Crippen molar-refractivity contribution in [3.05, 3.63) is 53.7 Å². The van der Waals surface area contributed by atoms with Crippen molar-refractivity contribution in [3.8, 4) is 0 Å². The molecule has 1 aromatic heterocycles. The zero-order valence-corrected chi connectivity index (χ0v) is 13.6. The van der Waals surface area contributed by atoms with Crippen molar-refractivity contribution in [2.45, 2.75) is 38.8 Å². The van der Waals surface area contributed by atoms with Crippen LogP contribution in [0, 0.1) is 5.82 Å². The summed E-state index contributed by atoms with van der Waals surface area (Å²) in [5, 5.41) is 2.57. The highest BCUT2D eigenvalue weighted by molar-refractivity contribution is 5.97. The van der Waals surface area contributed by atoms with Crippen LogP contribution in [0.5, 0.6) is 0 Å². The number of benzene rings is 1. The van der Waals surface area contributed by atoms with Gasteiger partial charge in [-0.05, 0) is 50.1 Å². The molecule has 1 aliphatic rings. The van der Waals surface area contributed by atoms with E-state index in [0.29, 0.717) is 11.4 Å². The Morgan fingerprint density at radius 2 is 2.08 bits per heavy atom.